The topological polar surface area (TPSA) is 46.2 Å². The molecule has 0 aliphatic rings. The summed E-state index contributed by atoms with van der Waals surface area (Å²) < 4.78 is 40.8. The van der Waals surface area contributed by atoms with Crippen molar-refractivity contribution in [2.75, 3.05) is 6.67 Å². The molecule has 0 bridgehead atoms. The van der Waals surface area contributed by atoms with E-state index in [4.69, 9.17) is 0 Å². The highest BCUT2D eigenvalue weighted by molar-refractivity contribution is 7.89. The summed E-state index contributed by atoms with van der Waals surface area (Å²) in [5, 5.41) is 0. The Hall–Kier alpha value is -1.72. The predicted molar refractivity (Wildman–Crippen MR) is 95.4 cm³/mol. The average Bonchev–Trinajstić information content (AvgIpc) is 2.52. The maximum absolute atomic E-state index is 13.5. The van der Waals surface area contributed by atoms with Crippen LogP contribution in [-0.2, 0) is 15.4 Å². The van der Waals surface area contributed by atoms with Gasteiger partial charge in [-0.15, -0.1) is 0 Å². The Bertz CT molecular complexity index is 776. The van der Waals surface area contributed by atoms with E-state index in [0.717, 1.165) is 11.1 Å². The molecule has 5 heteroatoms. The number of hydrogen-bond acceptors (Lipinski definition) is 2. The van der Waals surface area contributed by atoms with E-state index in [1.165, 1.54) is 12.1 Å². The first-order chi connectivity index (χ1) is 11.1. The molecule has 0 saturated heterocycles. The van der Waals surface area contributed by atoms with Crippen LogP contribution in [0, 0.1) is 6.92 Å². The number of hydrogen-bond donors (Lipinski definition) is 1. The van der Waals surface area contributed by atoms with Crippen molar-refractivity contribution in [1.29, 1.82) is 0 Å². The van der Waals surface area contributed by atoms with Gasteiger partial charge in [-0.25, -0.2) is 17.5 Å². The molecule has 0 spiro atoms. The van der Waals surface area contributed by atoms with Gasteiger partial charge in [-0.2, -0.15) is 0 Å². The van der Waals surface area contributed by atoms with Crippen LogP contribution in [0.4, 0.5) is 4.39 Å². The first-order valence-electron chi connectivity index (χ1n) is 7.89. The first kappa shape index (κ1) is 18.6. The lowest BCUT2D eigenvalue weighted by atomic mass is 9.86. The second-order valence-electron chi connectivity index (χ2n) is 7.01. The number of benzene rings is 2. The number of alkyl halides is 1. The lowest BCUT2D eigenvalue weighted by molar-refractivity contribution is 0.413. The Morgan fingerprint density at radius 2 is 1.54 bits per heavy atom. The molecular formula is C19H24FNO2S. The predicted octanol–water partition coefficient (Wildman–Crippen LogP) is 4.28. The van der Waals surface area contributed by atoms with Gasteiger partial charge in [0.25, 0.3) is 0 Å². The van der Waals surface area contributed by atoms with Crippen molar-refractivity contribution in [3.8, 4) is 0 Å². The summed E-state index contributed by atoms with van der Waals surface area (Å²) in [7, 11) is -3.77. The fourth-order valence-electron chi connectivity index (χ4n) is 2.38. The van der Waals surface area contributed by atoms with Gasteiger partial charge in [-0.05, 0) is 35.6 Å². The van der Waals surface area contributed by atoms with E-state index < -0.39 is 22.7 Å². The minimum Gasteiger partial charge on any atom is -0.249 e. The molecular weight excluding hydrogens is 325 g/mol. The van der Waals surface area contributed by atoms with E-state index >= 15 is 0 Å². The molecule has 2 aromatic carbocycles. The first-order valence-corrected chi connectivity index (χ1v) is 9.37. The van der Waals surface area contributed by atoms with Gasteiger partial charge in [0.15, 0.2) is 0 Å². The molecule has 130 valence electrons. The van der Waals surface area contributed by atoms with Crippen LogP contribution in [0.2, 0.25) is 0 Å². The third-order valence-electron chi connectivity index (χ3n) is 3.96. The fourth-order valence-corrected chi connectivity index (χ4v) is 3.58. The van der Waals surface area contributed by atoms with Gasteiger partial charge in [0.05, 0.1) is 10.9 Å². The summed E-state index contributed by atoms with van der Waals surface area (Å²) in [6.45, 7) is 7.35. The number of halogens is 1. The summed E-state index contributed by atoms with van der Waals surface area (Å²) in [6, 6.07) is 13.0. The molecule has 2 aromatic rings. The minimum atomic E-state index is -3.77. The van der Waals surface area contributed by atoms with Gasteiger partial charge in [-0.1, -0.05) is 62.7 Å². The Labute approximate surface area is 144 Å². The second-order valence-corrected chi connectivity index (χ2v) is 8.73. The van der Waals surface area contributed by atoms with E-state index in [9.17, 15) is 12.8 Å². The van der Waals surface area contributed by atoms with Crippen LogP contribution in [-0.4, -0.2) is 15.1 Å². The standard InChI is InChI=1S/C19H24FNO2S/c1-14-5-11-17(12-6-14)24(22,23)21-18(13-20)15-7-9-16(10-8-15)19(2,3)4/h5-12,18,21H,13H2,1-4H3. The molecule has 0 radical (unpaired) electrons. The lowest BCUT2D eigenvalue weighted by Crippen LogP contribution is -2.30. The van der Waals surface area contributed by atoms with Gasteiger partial charge in [-0.3, -0.25) is 0 Å². The monoisotopic (exact) mass is 349 g/mol. The van der Waals surface area contributed by atoms with Crippen molar-refractivity contribution in [3.63, 3.8) is 0 Å². The smallest absolute Gasteiger partial charge is 0.241 e. The Kier molecular flexibility index (Phi) is 5.45. The minimum absolute atomic E-state index is 0.00878. The third-order valence-corrected chi connectivity index (χ3v) is 5.45. The molecule has 24 heavy (non-hydrogen) atoms. The molecule has 1 N–H and O–H groups in total. The summed E-state index contributed by atoms with van der Waals surface area (Å²) in [5.74, 6) is 0. The van der Waals surface area contributed by atoms with Crippen molar-refractivity contribution < 1.29 is 12.8 Å². The largest absolute Gasteiger partial charge is 0.249 e. The van der Waals surface area contributed by atoms with Crippen molar-refractivity contribution in [3.05, 3.63) is 65.2 Å². The van der Waals surface area contributed by atoms with E-state index in [2.05, 4.69) is 25.5 Å². The van der Waals surface area contributed by atoms with Crippen LogP contribution >= 0.6 is 0 Å². The van der Waals surface area contributed by atoms with Crippen LogP contribution in [0.15, 0.2) is 53.4 Å². The van der Waals surface area contributed by atoms with Gasteiger partial charge in [0, 0.05) is 0 Å². The van der Waals surface area contributed by atoms with E-state index in [-0.39, 0.29) is 10.3 Å². The zero-order chi connectivity index (χ0) is 18.0. The number of rotatable bonds is 5. The van der Waals surface area contributed by atoms with Crippen molar-refractivity contribution in [2.45, 2.75) is 44.0 Å². The molecule has 1 atom stereocenters. The van der Waals surface area contributed by atoms with Crippen molar-refractivity contribution >= 4 is 10.0 Å². The molecule has 0 aromatic heterocycles. The molecule has 0 saturated carbocycles. The van der Waals surface area contributed by atoms with Crippen LogP contribution in [0.25, 0.3) is 0 Å². The Morgan fingerprint density at radius 3 is 2.00 bits per heavy atom. The van der Waals surface area contributed by atoms with E-state index in [1.807, 2.05) is 19.1 Å². The third kappa shape index (κ3) is 4.42. The molecule has 0 heterocycles. The number of nitrogens with one attached hydrogen (secondary N) is 1. The van der Waals surface area contributed by atoms with Crippen LogP contribution < -0.4 is 4.72 Å². The number of aryl methyl sites for hydroxylation is 1. The quantitative estimate of drug-likeness (QED) is 0.876. The molecule has 3 nitrogen and oxygen atoms in total. The molecule has 1 unspecified atom stereocenters. The highest BCUT2D eigenvalue weighted by Crippen LogP contribution is 2.25. The maximum atomic E-state index is 13.5. The highest BCUT2D eigenvalue weighted by atomic mass is 32.2. The molecule has 0 amide bonds. The Morgan fingerprint density at radius 1 is 1.00 bits per heavy atom. The SMILES string of the molecule is Cc1ccc(S(=O)(=O)NC(CF)c2ccc(C(C)(C)C)cc2)cc1. The van der Waals surface area contributed by atoms with E-state index in [1.54, 1.807) is 24.3 Å². The average molecular weight is 349 g/mol. The summed E-state index contributed by atoms with van der Waals surface area (Å²) in [6.07, 6.45) is 0. The molecule has 0 aliphatic carbocycles. The second kappa shape index (κ2) is 7.03. The van der Waals surface area contributed by atoms with Gasteiger partial charge >= 0.3 is 0 Å². The normalized spacial score (nSPS) is 13.7. The van der Waals surface area contributed by atoms with E-state index in [0.29, 0.717) is 5.56 Å². The van der Waals surface area contributed by atoms with Crippen LogP contribution in [0.5, 0.6) is 0 Å². The Balaban J connectivity index is 2.24. The summed E-state index contributed by atoms with van der Waals surface area (Å²) in [4.78, 5) is 0.137. The summed E-state index contributed by atoms with van der Waals surface area (Å²) in [5.41, 5.74) is 2.69. The molecule has 0 aliphatic heterocycles. The molecule has 2 rings (SSSR count). The molecule has 0 fully saturated rings. The maximum Gasteiger partial charge on any atom is 0.241 e. The lowest BCUT2D eigenvalue weighted by Gasteiger charge is -2.21. The zero-order valence-electron chi connectivity index (χ0n) is 14.5. The summed E-state index contributed by atoms with van der Waals surface area (Å²) >= 11 is 0. The highest BCUT2D eigenvalue weighted by Gasteiger charge is 2.22. The zero-order valence-corrected chi connectivity index (χ0v) is 15.3. The van der Waals surface area contributed by atoms with Crippen LogP contribution in [0.3, 0.4) is 0 Å². The van der Waals surface area contributed by atoms with Gasteiger partial charge < -0.3 is 0 Å². The van der Waals surface area contributed by atoms with Crippen molar-refractivity contribution in [2.24, 2.45) is 0 Å². The fraction of sp³-hybridized carbons (Fsp3) is 0.368. The van der Waals surface area contributed by atoms with Crippen molar-refractivity contribution in [1.82, 2.24) is 4.72 Å². The van der Waals surface area contributed by atoms with Gasteiger partial charge in [0.2, 0.25) is 10.0 Å². The van der Waals surface area contributed by atoms with Crippen LogP contribution in [0.1, 0.15) is 43.5 Å². The van der Waals surface area contributed by atoms with Gasteiger partial charge in [0.1, 0.15) is 6.67 Å². The number of sulfonamides is 1.